The zero-order valence-electron chi connectivity index (χ0n) is 12.6. The smallest absolute Gasteiger partial charge is 0.0270 e. The minimum absolute atomic E-state index is 0.386. The van der Waals surface area contributed by atoms with Gasteiger partial charge in [-0.05, 0) is 50.5 Å². The highest BCUT2D eigenvalue weighted by Crippen LogP contribution is 2.32. The molecule has 2 nitrogen and oxygen atoms in total. The number of nitrogens with two attached hydrogens (primary N) is 1. The molecule has 0 aromatic carbocycles. The van der Waals surface area contributed by atoms with Crippen LogP contribution in [0.4, 0.5) is 0 Å². The molecule has 4 unspecified atom stereocenters. The second-order valence-electron chi connectivity index (χ2n) is 7.15. The minimum Gasteiger partial charge on any atom is -0.326 e. The van der Waals surface area contributed by atoms with Crippen LogP contribution in [0.25, 0.3) is 0 Å². The van der Waals surface area contributed by atoms with E-state index < -0.39 is 0 Å². The van der Waals surface area contributed by atoms with Crippen molar-refractivity contribution in [1.82, 2.24) is 4.90 Å². The van der Waals surface area contributed by atoms with Gasteiger partial charge in [-0.2, -0.15) is 0 Å². The average Bonchev–Trinajstić information content (AvgIpc) is 2.28. The predicted octanol–water partition coefficient (Wildman–Crippen LogP) is 3.26. The Kier molecular flexibility index (Phi) is 5.08. The maximum Gasteiger partial charge on any atom is 0.0270 e. The van der Waals surface area contributed by atoms with Gasteiger partial charge < -0.3 is 10.6 Å². The number of hydrogen-bond acceptors (Lipinski definition) is 2. The van der Waals surface area contributed by atoms with Gasteiger partial charge in [-0.25, -0.2) is 0 Å². The molecule has 106 valence electrons. The van der Waals surface area contributed by atoms with Crippen molar-refractivity contribution in [3.05, 3.63) is 0 Å². The molecule has 0 heterocycles. The van der Waals surface area contributed by atoms with Crippen LogP contribution in [-0.2, 0) is 0 Å². The van der Waals surface area contributed by atoms with E-state index in [1.54, 1.807) is 0 Å². The summed E-state index contributed by atoms with van der Waals surface area (Å²) in [5, 5.41) is 0. The molecular weight excluding hydrogens is 220 g/mol. The third-order valence-corrected chi connectivity index (χ3v) is 5.25. The van der Waals surface area contributed by atoms with Crippen LogP contribution in [-0.4, -0.2) is 30.6 Å². The Hall–Kier alpha value is -0.0800. The molecule has 0 aromatic rings. The summed E-state index contributed by atoms with van der Waals surface area (Å²) in [7, 11) is 2.31. The highest BCUT2D eigenvalue weighted by molar-refractivity contribution is 4.91. The van der Waals surface area contributed by atoms with Crippen molar-refractivity contribution in [3.8, 4) is 0 Å². The van der Waals surface area contributed by atoms with E-state index in [1.165, 1.54) is 51.5 Å². The van der Waals surface area contributed by atoms with E-state index in [0.717, 1.165) is 17.8 Å². The molecule has 18 heavy (non-hydrogen) atoms. The summed E-state index contributed by atoms with van der Waals surface area (Å²) in [4.78, 5) is 2.59. The van der Waals surface area contributed by atoms with Crippen LogP contribution < -0.4 is 5.73 Å². The first-order valence-electron chi connectivity index (χ1n) is 8.03. The van der Waals surface area contributed by atoms with Crippen molar-refractivity contribution in [2.24, 2.45) is 23.5 Å². The van der Waals surface area contributed by atoms with E-state index in [-0.39, 0.29) is 0 Å². The van der Waals surface area contributed by atoms with Gasteiger partial charge >= 0.3 is 0 Å². The van der Waals surface area contributed by atoms with Gasteiger partial charge in [0.05, 0.1) is 0 Å². The third kappa shape index (κ3) is 3.48. The molecule has 0 bridgehead atoms. The molecular formula is C16H32N2. The highest BCUT2D eigenvalue weighted by atomic mass is 15.2. The lowest BCUT2D eigenvalue weighted by molar-refractivity contribution is 0.0778. The molecule has 0 saturated heterocycles. The van der Waals surface area contributed by atoms with Crippen LogP contribution in [0.15, 0.2) is 0 Å². The predicted molar refractivity (Wildman–Crippen MR) is 78.5 cm³/mol. The lowest BCUT2D eigenvalue weighted by Gasteiger charge is -2.44. The molecule has 0 aliphatic heterocycles. The van der Waals surface area contributed by atoms with E-state index in [4.69, 9.17) is 5.73 Å². The van der Waals surface area contributed by atoms with Crippen molar-refractivity contribution < 1.29 is 0 Å². The first-order chi connectivity index (χ1) is 8.58. The van der Waals surface area contributed by atoms with Crippen molar-refractivity contribution >= 4 is 0 Å². The SMILES string of the molecule is CC1CC(C)C(N(C)CC2CCCCC2)C(N)C1. The van der Waals surface area contributed by atoms with Gasteiger partial charge in [-0.15, -0.1) is 0 Å². The standard InChI is InChI=1S/C16H32N2/c1-12-9-13(2)16(15(17)10-12)18(3)11-14-7-5-4-6-8-14/h12-16H,4-11,17H2,1-3H3. The summed E-state index contributed by atoms with van der Waals surface area (Å²) in [6.45, 7) is 6.03. The topological polar surface area (TPSA) is 29.3 Å². The summed E-state index contributed by atoms with van der Waals surface area (Å²) in [6, 6.07) is 1.00. The minimum atomic E-state index is 0.386. The molecule has 2 rings (SSSR count). The number of rotatable bonds is 3. The van der Waals surface area contributed by atoms with Gasteiger partial charge in [-0.3, -0.25) is 0 Å². The molecule has 0 amide bonds. The summed E-state index contributed by atoms with van der Waals surface area (Å²) in [5.74, 6) is 2.51. The largest absolute Gasteiger partial charge is 0.326 e. The van der Waals surface area contributed by atoms with Gasteiger partial charge in [0, 0.05) is 18.6 Å². The van der Waals surface area contributed by atoms with Crippen molar-refractivity contribution in [2.45, 2.75) is 70.9 Å². The van der Waals surface area contributed by atoms with Gasteiger partial charge in [0.25, 0.3) is 0 Å². The normalized spacial score (nSPS) is 39.2. The first-order valence-corrected chi connectivity index (χ1v) is 8.03. The average molecular weight is 252 g/mol. The lowest BCUT2D eigenvalue weighted by atomic mass is 9.76. The Morgan fingerprint density at radius 2 is 1.72 bits per heavy atom. The zero-order valence-corrected chi connectivity index (χ0v) is 12.6. The van der Waals surface area contributed by atoms with Gasteiger partial charge in [0.1, 0.15) is 0 Å². The summed E-state index contributed by atoms with van der Waals surface area (Å²) < 4.78 is 0. The van der Waals surface area contributed by atoms with E-state index in [9.17, 15) is 0 Å². The molecule has 0 radical (unpaired) electrons. The molecule has 2 aliphatic rings. The number of likely N-dealkylation sites (N-methyl/N-ethyl adjacent to an activating group) is 1. The second-order valence-corrected chi connectivity index (χ2v) is 7.15. The van der Waals surface area contributed by atoms with Crippen LogP contribution in [0.3, 0.4) is 0 Å². The fourth-order valence-electron chi connectivity index (χ4n) is 4.56. The molecule has 0 aromatic heterocycles. The molecule has 2 heteroatoms. The molecule has 2 aliphatic carbocycles. The maximum absolute atomic E-state index is 6.42. The summed E-state index contributed by atoms with van der Waals surface area (Å²) in [6.07, 6.45) is 9.80. The second kappa shape index (κ2) is 6.38. The fraction of sp³-hybridized carbons (Fsp3) is 1.00. The van der Waals surface area contributed by atoms with E-state index in [0.29, 0.717) is 12.1 Å². The molecule has 0 spiro atoms. The number of nitrogens with zero attached hydrogens (tertiary/aromatic N) is 1. The van der Waals surface area contributed by atoms with Crippen molar-refractivity contribution in [1.29, 1.82) is 0 Å². The van der Waals surface area contributed by atoms with E-state index >= 15 is 0 Å². The molecule has 2 saturated carbocycles. The Labute approximate surface area is 113 Å². The lowest BCUT2D eigenvalue weighted by Crippen LogP contribution is -2.54. The molecule has 2 N–H and O–H groups in total. The zero-order chi connectivity index (χ0) is 13.1. The van der Waals surface area contributed by atoms with Crippen LogP contribution >= 0.6 is 0 Å². The monoisotopic (exact) mass is 252 g/mol. The van der Waals surface area contributed by atoms with Gasteiger partial charge in [-0.1, -0.05) is 33.1 Å². The van der Waals surface area contributed by atoms with Crippen LogP contribution in [0, 0.1) is 17.8 Å². The molecule has 4 atom stereocenters. The third-order valence-electron chi connectivity index (χ3n) is 5.25. The molecule has 2 fully saturated rings. The van der Waals surface area contributed by atoms with E-state index in [1.807, 2.05) is 0 Å². The Balaban J connectivity index is 1.88. The van der Waals surface area contributed by atoms with Crippen LogP contribution in [0.5, 0.6) is 0 Å². The summed E-state index contributed by atoms with van der Waals surface area (Å²) in [5.41, 5.74) is 6.42. The van der Waals surface area contributed by atoms with Crippen molar-refractivity contribution in [2.75, 3.05) is 13.6 Å². The van der Waals surface area contributed by atoms with Crippen molar-refractivity contribution in [3.63, 3.8) is 0 Å². The highest BCUT2D eigenvalue weighted by Gasteiger charge is 2.34. The Morgan fingerprint density at radius 1 is 1.06 bits per heavy atom. The summed E-state index contributed by atoms with van der Waals surface area (Å²) >= 11 is 0. The van der Waals surface area contributed by atoms with Crippen LogP contribution in [0.2, 0.25) is 0 Å². The fourth-order valence-corrected chi connectivity index (χ4v) is 4.56. The Bertz CT molecular complexity index is 235. The van der Waals surface area contributed by atoms with Gasteiger partial charge in [0.15, 0.2) is 0 Å². The van der Waals surface area contributed by atoms with Crippen LogP contribution in [0.1, 0.15) is 58.8 Å². The maximum atomic E-state index is 6.42. The number of hydrogen-bond donors (Lipinski definition) is 1. The first kappa shape index (κ1) is 14.3. The quantitative estimate of drug-likeness (QED) is 0.835. The van der Waals surface area contributed by atoms with Gasteiger partial charge in [0.2, 0.25) is 0 Å². The van der Waals surface area contributed by atoms with E-state index in [2.05, 4.69) is 25.8 Å². The Morgan fingerprint density at radius 3 is 2.33 bits per heavy atom.